The molecule has 2 rings (SSSR count). The van der Waals surface area contributed by atoms with Gasteiger partial charge in [0.05, 0.1) is 6.26 Å². The first kappa shape index (κ1) is 20.6. The minimum Gasteiger partial charge on any atom is -0.383 e. The molecule has 0 radical (unpaired) electrons. The second-order valence-electron chi connectivity index (χ2n) is 6.22. The number of rotatable bonds is 6. The van der Waals surface area contributed by atoms with Crippen molar-refractivity contribution in [2.24, 2.45) is 0 Å². The van der Waals surface area contributed by atoms with Crippen LogP contribution in [0.3, 0.4) is 0 Å². The lowest BCUT2D eigenvalue weighted by Crippen LogP contribution is -2.39. The summed E-state index contributed by atoms with van der Waals surface area (Å²) in [7, 11) is -3.66. The minimum atomic E-state index is -3.66. The normalized spacial score (nSPS) is 11.3. The average Bonchev–Trinajstić information content (AvgIpc) is 2.54. The summed E-state index contributed by atoms with van der Waals surface area (Å²) in [6.07, 6.45) is 0.940. The van der Waals surface area contributed by atoms with E-state index in [-0.39, 0.29) is 24.0 Å². The molecule has 0 aliphatic carbocycles. The van der Waals surface area contributed by atoms with Crippen molar-refractivity contribution in [2.75, 3.05) is 11.6 Å². The van der Waals surface area contributed by atoms with Crippen LogP contribution in [-0.2, 0) is 16.7 Å². The van der Waals surface area contributed by atoms with E-state index in [4.69, 9.17) is 4.18 Å². The number of nitrogens with one attached hydrogen (secondary N) is 1. The molecule has 2 aromatic carbocycles. The second kappa shape index (κ2) is 8.34. The maximum atomic E-state index is 13.3. The van der Waals surface area contributed by atoms with Gasteiger partial charge in [0.25, 0.3) is 0 Å². The topological polar surface area (TPSA) is 75.7 Å². The third-order valence-corrected chi connectivity index (χ3v) is 4.05. The quantitative estimate of drug-likeness (QED) is 0.752. The van der Waals surface area contributed by atoms with Crippen LogP contribution in [0.25, 0.3) is 0 Å². The van der Waals surface area contributed by atoms with E-state index in [1.807, 2.05) is 0 Å². The van der Waals surface area contributed by atoms with Gasteiger partial charge in [-0.25, -0.2) is 13.6 Å². The molecule has 0 aromatic heterocycles. The first-order valence-electron chi connectivity index (χ1n) is 8.06. The van der Waals surface area contributed by atoms with Crippen molar-refractivity contribution < 1.29 is 26.2 Å². The van der Waals surface area contributed by atoms with E-state index >= 15 is 0 Å². The summed E-state index contributed by atoms with van der Waals surface area (Å²) in [5.41, 5.74) is 0.768. The molecule has 0 bridgehead atoms. The first-order chi connectivity index (χ1) is 12.5. The number of carbonyl (C=O) groups is 1. The van der Waals surface area contributed by atoms with Crippen molar-refractivity contribution in [3.05, 3.63) is 59.7 Å². The summed E-state index contributed by atoms with van der Waals surface area (Å²) in [5, 5.41) is 2.52. The van der Waals surface area contributed by atoms with E-state index in [0.717, 1.165) is 18.4 Å². The van der Waals surface area contributed by atoms with Crippen LogP contribution in [0, 0.1) is 11.6 Å². The van der Waals surface area contributed by atoms with Gasteiger partial charge in [-0.15, -0.1) is 0 Å². The number of hydrogen-bond acceptors (Lipinski definition) is 4. The second-order valence-corrected chi connectivity index (χ2v) is 7.79. The van der Waals surface area contributed by atoms with E-state index in [1.165, 1.54) is 23.1 Å². The molecule has 1 N–H and O–H groups in total. The van der Waals surface area contributed by atoms with Gasteiger partial charge in [-0.2, -0.15) is 8.42 Å². The smallest absolute Gasteiger partial charge is 0.322 e. The molecule has 0 saturated carbocycles. The lowest BCUT2D eigenvalue weighted by Gasteiger charge is -2.27. The highest BCUT2D eigenvalue weighted by atomic mass is 32.2. The van der Waals surface area contributed by atoms with E-state index in [0.29, 0.717) is 5.56 Å². The van der Waals surface area contributed by atoms with Crippen LogP contribution in [-0.4, -0.2) is 31.6 Å². The Morgan fingerprint density at radius 3 is 2.44 bits per heavy atom. The molecule has 0 aliphatic heterocycles. The number of benzene rings is 2. The van der Waals surface area contributed by atoms with Gasteiger partial charge in [-0.3, -0.25) is 0 Å². The third kappa shape index (κ3) is 6.21. The molecule has 0 heterocycles. The molecule has 6 nitrogen and oxygen atoms in total. The van der Waals surface area contributed by atoms with Gasteiger partial charge in [0, 0.05) is 24.3 Å². The number of nitrogens with zero attached hydrogens (tertiary/aromatic N) is 1. The van der Waals surface area contributed by atoms with Crippen LogP contribution in [0.15, 0.2) is 42.5 Å². The molecule has 2 aromatic rings. The van der Waals surface area contributed by atoms with Crippen LogP contribution in [0.1, 0.15) is 19.4 Å². The van der Waals surface area contributed by atoms with E-state index in [9.17, 15) is 22.0 Å². The Balaban J connectivity index is 2.16. The van der Waals surface area contributed by atoms with Crippen molar-refractivity contribution in [3.63, 3.8) is 0 Å². The number of amides is 2. The van der Waals surface area contributed by atoms with Crippen LogP contribution in [0.5, 0.6) is 5.75 Å². The zero-order valence-corrected chi connectivity index (χ0v) is 15.9. The minimum absolute atomic E-state index is 0.124. The highest BCUT2D eigenvalue weighted by Crippen LogP contribution is 2.19. The Bertz CT molecular complexity index is 933. The van der Waals surface area contributed by atoms with Gasteiger partial charge in [-0.05, 0) is 43.7 Å². The number of carbonyl (C=O) groups excluding carboxylic acids is 1. The summed E-state index contributed by atoms with van der Waals surface area (Å²) < 4.78 is 53.7. The lowest BCUT2D eigenvalue weighted by atomic mass is 10.2. The monoisotopic (exact) mass is 398 g/mol. The molecule has 27 heavy (non-hydrogen) atoms. The van der Waals surface area contributed by atoms with Gasteiger partial charge in [0.2, 0.25) is 0 Å². The fraction of sp³-hybridized carbons (Fsp3) is 0.278. The van der Waals surface area contributed by atoms with Crippen LogP contribution in [0.4, 0.5) is 19.3 Å². The van der Waals surface area contributed by atoms with Crippen LogP contribution in [0.2, 0.25) is 0 Å². The third-order valence-electron chi connectivity index (χ3n) is 3.55. The maximum Gasteiger partial charge on any atom is 0.322 e. The highest BCUT2D eigenvalue weighted by Gasteiger charge is 2.18. The first-order valence-corrected chi connectivity index (χ1v) is 9.88. The lowest BCUT2D eigenvalue weighted by molar-refractivity contribution is 0.193. The van der Waals surface area contributed by atoms with Gasteiger partial charge >= 0.3 is 16.1 Å². The Labute approximate surface area is 156 Å². The summed E-state index contributed by atoms with van der Waals surface area (Å²) in [4.78, 5) is 14.0. The predicted octanol–water partition coefficient (Wildman–Crippen LogP) is 3.75. The molecule has 0 aliphatic rings. The molecule has 0 saturated heterocycles. The van der Waals surface area contributed by atoms with Gasteiger partial charge < -0.3 is 14.4 Å². The average molecular weight is 398 g/mol. The maximum absolute atomic E-state index is 13.3. The molecule has 0 fully saturated rings. The van der Waals surface area contributed by atoms with Crippen LogP contribution >= 0.6 is 0 Å². The van der Waals surface area contributed by atoms with Gasteiger partial charge in [-0.1, -0.05) is 12.1 Å². The molecule has 0 spiro atoms. The highest BCUT2D eigenvalue weighted by molar-refractivity contribution is 7.86. The summed E-state index contributed by atoms with van der Waals surface area (Å²) in [6.45, 7) is 3.75. The summed E-state index contributed by atoms with van der Waals surface area (Å²) in [5.74, 6) is -1.93. The molecule has 2 amide bonds. The van der Waals surface area contributed by atoms with Crippen molar-refractivity contribution in [1.29, 1.82) is 0 Å². The van der Waals surface area contributed by atoms with Crippen molar-refractivity contribution >= 4 is 21.8 Å². The zero-order valence-electron chi connectivity index (χ0n) is 15.1. The molecule has 0 atom stereocenters. The van der Waals surface area contributed by atoms with Crippen molar-refractivity contribution in [3.8, 4) is 5.75 Å². The standard InChI is InChI=1S/C18H20F2N2O4S/c1-12(2)22(18(23)21-14-7-8-16(19)17(20)10-14)11-13-5-4-6-15(9-13)26-27(3,24)25/h4-10,12H,11H2,1-3H3,(H,21,23). The zero-order chi connectivity index (χ0) is 20.2. The van der Waals surface area contributed by atoms with E-state index < -0.39 is 27.8 Å². The number of anilines is 1. The Hall–Kier alpha value is -2.68. The fourth-order valence-electron chi connectivity index (χ4n) is 2.33. The SMILES string of the molecule is CC(C)N(Cc1cccc(OS(C)(=O)=O)c1)C(=O)Nc1ccc(F)c(F)c1. The Morgan fingerprint density at radius 2 is 1.85 bits per heavy atom. The predicted molar refractivity (Wildman–Crippen MR) is 98.0 cm³/mol. The summed E-state index contributed by atoms with van der Waals surface area (Å²) >= 11 is 0. The number of halogens is 2. The molecule has 0 unspecified atom stereocenters. The number of hydrogen-bond donors (Lipinski definition) is 1. The largest absolute Gasteiger partial charge is 0.383 e. The molecule has 146 valence electrons. The van der Waals surface area contributed by atoms with E-state index in [1.54, 1.807) is 26.0 Å². The molecular formula is C18H20F2N2O4S. The fourth-order valence-corrected chi connectivity index (χ4v) is 2.78. The Kier molecular flexibility index (Phi) is 6.37. The van der Waals surface area contributed by atoms with E-state index in [2.05, 4.69) is 5.32 Å². The van der Waals surface area contributed by atoms with Gasteiger partial charge in [0.1, 0.15) is 5.75 Å². The molecular weight excluding hydrogens is 378 g/mol. The van der Waals surface area contributed by atoms with Crippen molar-refractivity contribution in [2.45, 2.75) is 26.4 Å². The molecule has 9 heteroatoms. The van der Waals surface area contributed by atoms with Crippen LogP contribution < -0.4 is 9.50 Å². The number of urea groups is 1. The summed E-state index contributed by atoms with van der Waals surface area (Å²) in [6, 6.07) is 8.70. The van der Waals surface area contributed by atoms with Gasteiger partial charge in [0.15, 0.2) is 11.6 Å². The Morgan fingerprint density at radius 1 is 1.15 bits per heavy atom. The van der Waals surface area contributed by atoms with Crippen molar-refractivity contribution in [1.82, 2.24) is 4.90 Å².